The Kier molecular flexibility index (Phi) is 17.8. The fourth-order valence-electron chi connectivity index (χ4n) is 9.46. The molecule has 3 heterocycles. The molecule has 57 heavy (non-hydrogen) atoms. The number of fused-ring (bicyclic) bond motifs is 3. The van der Waals surface area contributed by atoms with Gasteiger partial charge in [0.05, 0.1) is 29.8 Å². The maximum atomic E-state index is 14.3. The highest BCUT2D eigenvalue weighted by atomic mass is 35.5. The van der Waals surface area contributed by atoms with E-state index in [2.05, 4.69) is 6.92 Å². The van der Waals surface area contributed by atoms with Crippen LogP contribution >= 0.6 is 11.6 Å². The van der Waals surface area contributed by atoms with Gasteiger partial charge in [-0.25, -0.2) is 4.79 Å². The zero-order valence-electron chi connectivity index (χ0n) is 35.7. The second-order valence-corrected chi connectivity index (χ2v) is 17.8. The standard InChI is InChI=1S/C44H70ClNO11/c1-10-29-18-25(3)19-37(54-8)40-38(55-9)21-27(5)44(52,57-40)41(49)42(50)46-17-13-12-14-33(46)43(51)56-39(28(6)34(47)24-35(48)31(11-2)22-29)26(4)20-30-15-16-32(45)36(23-30)53-7/h20,22,25,27-28,30-34,36-40,47,52H,10-19,21,23-24H2,1-9H3/b26-20+,29-22+/t25-,27+,28+,30-,31-,32-,33-,34+,36+,37+,38-,39-,40-,44+/m0/s1. The van der Waals surface area contributed by atoms with Crippen LogP contribution < -0.4 is 0 Å². The maximum absolute atomic E-state index is 14.3. The average molecular weight is 824 g/mol. The topological polar surface area (TPSA) is 158 Å². The minimum atomic E-state index is -2.49. The number of hydrogen-bond donors (Lipinski definition) is 2. The summed E-state index contributed by atoms with van der Waals surface area (Å²) in [5.74, 6) is -7.29. The van der Waals surface area contributed by atoms with Crippen molar-refractivity contribution in [2.75, 3.05) is 27.9 Å². The number of carbonyl (C=O) groups excluding carboxylic acids is 4. The summed E-state index contributed by atoms with van der Waals surface area (Å²) in [6.07, 6.45) is 5.98. The number of carbonyl (C=O) groups is 4. The normalized spacial score (nSPS) is 41.1. The van der Waals surface area contributed by atoms with E-state index in [4.69, 9.17) is 35.3 Å². The van der Waals surface area contributed by atoms with Crippen molar-refractivity contribution in [3.05, 3.63) is 23.3 Å². The Bertz CT molecular complexity index is 1450. The third kappa shape index (κ3) is 11.3. The number of esters is 1. The number of alkyl halides is 1. The van der Waals surface area contributed by atoms with Gasteiger partial charge in [0, 0.05) is 52.0 Å². The van der Waals surface area contributed by atoms with Crippen molar-refractivity contribution in [2.24, 2.45) is 29.6 Å². The molecule has 0 spiro atoms. The first-order valence-corrected chi connectivity index (χ1v) is 21.7. The molecule has 0 aromatic heterocycles. The van der Waals surface area contributed by atoms with Crippen LogP contribution in [-0.4, -0.2) is 120 Å². The van der Waals surface area contributed by atoms with Gasteiger partial charge in [-0.15, -0.1) is 11.6 Å². The molecule has 1 aliphatic carbocycles. The minimum absolute atomic E-state index is 0.0470. The molecule has 2 bridgehead atoms. The summed E-state index contributed by atoms with van der Waals surface area (Å²) < 4.78 is 30.0. The number of halogens is 1. The molecule has 3 aliphatic heterocycles. The molecule has 1 saturated carbocycles. The molecule has 12 nitrogen and oxygen atoms in total. The van der Waals surface area contributed by atoms with Crippen molar-refractivity contribution in [1.82, 2.24) is 4.90 Å². The molecule has 4 aliphatic rings. The van der Waals surface area contributed by atoms with Crippen LogP contribution in [0.3, 0.4) is 0 Å². The number of ether oxygens (including phenoxy) is 5. The zero-order chi connectivity index (χ0) is 42.2. The summed E-state index contributed by atoms with van der Waals surface area (Å²) in [4.78, 5) is 57.9. The number of methoxy groups -OCH3 is 3. The van der Waals surface area contributed by atoms with E-state index in [1.54, 1.807) is 35.2 Å². The number of amides is 1. The molecule has 1 amide bonds. The minimum Gasteiger partial charge on any atom is -0.456 e. The van der Waals surface area contributed by atoms with Crippen LogP contribution in [0, 0.1) is 29.6 Å². The fourth-order valence-corrected chi connectivity index (χ4v) is 9.79. The number of ketones is 2. The number of rotatable bonds is 7. The molecule has 4 rings (SSSR count). The Morgan fingerprint density at radius 3 is 2.25 bits per heavy atom. The van der Waals surface area contributed by atoms with Crippen molar-refractivity contribution < 1.29 is 53.1 Å². The monoisotopic (exact) mass is 823 g/mol. The molecule has 0 aromatic carbocycles. The molecule has 13 heteroatoms. The van der Waals surface area contributed by atoms with Gasteiger partial charge in [-0.05, 0) is 95.0 Å². The van der Waals surface area contributed by atoms with Crippen molar-refractivity contribution in [2.45, 2.75) is 172 Å². The Balaban J connectivity index is 1.78. The van der Waals surface area contributed by atoms with Crippen LogP contribution in [-0.2, 0) is 42.9 Å². The number of nitrogens with zero attached hydrogens (tertiary/aromatic N) is 1. The van der Waals surface area contributed by atoms with Gasteiger partial charge in [0.1, 0.15) is 24.0 Å². The molecular formula is C44H70ClNO11. The lowest BCUT2D eigenvalue weighted by Gasteiger charge is -2.47. The lowest BCUT2D eigenvalue weighted by molar-refractivity contribution is -0.302. The average Bonchev–Trinajstić information content (AvgIpc) is 3.20. The van der Waals surface area contributed by atoms with Crippen LogP contribution in [0.25, 0.3) is 0 Å². The predicted molar refractivity (Wildman–Crippen MR) is 216 cm³/mol. The highest BCUT2D eigenvalue weighted by molar-refractivity contribution is 6.39. The molecule has 0 unspecified atom stereocenters. The molecule has 0 radical (unpaired) electrons. The largest absolute Gasteiger partial charge is 0.456 e. The van der Waals surface area contributed by atoms with E-state index < -0.39 is 77.8 Å². The number of aliphatic hydroxyl groups is 2. The first kappa shape index (κ1) is 47.5. The third-order valence-electron chi connectivity index (χ3n) is 13.2. The molecular weight excluding hydrogens is 754 g/mol. The van der Waals surface area contributed by atoms with Gasteiger partial charge in [-0.1, -0.05) is 52.3 Å². The number of hydrogen-bond acceptors (Lipinski definition) is 11. The lowest BCUT2D eigenvalue weighted by Crippen LogP contribution is -2.64. The highest BCUT2D eigenvalue weighted by Gasteiger charge is 2.56. The molecule has 324 valence electrons. The first-order chi connectivity index (χ1) is 27.0. The van der Waals surface area contributed by atoms with E-state index in [1.165, 1.54) is 4.90 Å². The summed E-state index contributed by atoms with van der Waals surface area (Å²) in [7, 11) is 4.73. The van der Waals surface area contributed by atoms with Crippen LogP contribution in [0.15, 0.2) is 23.3 Å². The Morgan fingerprint density at radius 1 is 0.947 bits per heavy atom. The van der Waals surface area contributed by atoms with Crippen molar-refractivity contribution >= 4 is 35.0 Å². The zero-order valence-corrected chi connectivity index (χ0v) is 36.5. The number of allylic oxidation sites excluding steroid dienone is 3. The van der Waals surface area contributed by atoms with E-state index >= 15 is 0 Å². The van der Waals surface area contributed by atoms with Gasteiger partial charge in [0.2, 0.25) is 5.79 Å². The van der Waals surface area contributed by atoms with Crippen LogP contribution in [0.1, 0.15) is 119 Å². The second kappa shape index (κ2) is 21.4. The molecule has 2 saturated heterocycles. The van der Waals surface area contributed by atoms with E-state index in [1.807, 2.05) is 32.9 Å². The summed E-state index contributed by atoms with van der Waals surface area (Å²) in [6.45, 7) is 11.5. The van der Waals surface area contributed by atoms with E-state index in [9.17, 15) is 29.4 Å². The highest BCUT2D eigenvalue weighted by Crippen LogP contribution is 2.39. The smallest absolute Gasteiger partial charge is 0.329 e. The van der Waals surface area contributed by atoms with Gasteiger partial charge in [-0.2, -0.15) is 0 Å². The molecule has 0 aromatic rings. The number of aliphatic hydroxyl groups excluding tert-OH is 1. The summed E-state index contributed by atoms with van der Waals surface area (Å²) in [6, 6.07) is -1.12. The van der Waals surface area contributed by atoms with Gasteiger partial charge in [0.15, 0.2) is 0 Å². The SMILES string of the molecule is CC/C1=C\[C@H](CC)C(=O)C[C@@H](O)[C@@H](C)[C@H](/C(C)=C/[C@@H]2CC[C@H](Cl)[C@H](OC)C2)OC(=O)[C@@H]2CCCCN2C(=O)C(=O)[C@]2(O)O[C@H]([C@@H](OC)C[C@H]2C)[C@H](OC)C[C@@H](C)C1. The van der Waals surface area contributed by atoms with Crippen LogP contribution in [0.5, 0.6) is 0 Å². The van der Waals surface area contributed by atoms with Crippen molar-refractivity contribution in [3.63, 3.8) is 0 Å². The molecule has 14 atom stereocenters. The van der Waals surface area contributed by atoms with Crippen molar-refractivity contribution in [1.29, 1.82) is 0 Å². The lowest BCUT2D eigenvalue weighted by atomic mass is 9.81. The Labute approximate surface area is 345 Å². The summed E-state index contributed by atoms with van der Waals surface area (Å²) in [5, 5.41) is 23.7. The maximum Gasteiger partial charge on any atom is 0.329 e. The third-order valence-corrected chi connectivity index (χ3v) is 13.7. The predicted octanol–water partition coefficient (Wildman–Crippen LogP) is 6.11. The quantitative estimate of drug-likeness (QED) is 0.132. The fraction of sp³-hybridized carbons (Fsp3) is 0.818. The number of Topliss-reactive ketones (excluding diaryl/α,β-unsaturated/α-hetero) is 2. The van der Waals surface area contributed by atoms with Crippen molar-refractivity contribution in [3.8, 4) is 0 Å². The van der Waals surface area contributed by atoms with Gasteiger partial charge < -0.3 is 38.8 Å². The summed E-state index contributed by atoms with van der Waals surface area (Å²) >= 11 is 6.53. The van der Waals surface area contributed by atoms with Gasteiger partial charge in [0.25, 0.3) is 11.7 Å². The summed E-state index contributed by atoms with van der Waals surface area (Å²) in [5.41, 5.74) is 1.80. The number of piperidine rings is 1. The van der Waals surface area contributed by atoms with E-state index in [-0.39, 0.29) is 54.9 Å². The molecule has 3 fully saturated rings. The number of cyclic esters (lactones) is 1. The first-order valence-electron chi connectivity index (χ1n) is 21.3. The van der Waals surface area contributed by atoms with E-state index in [0.29, 0.717) is 50.5 Å². The second-order valence-electron chi connectivity index (χ2n) is 17.3. The van der Waals surface area contributed by atoms with Gasteiger partial charge >= 0.3 is 5.97 Å². The Morgan fingerprint density at radius 2 is 1.61 bits per heavy atom. The van der Waals surface area contributed by atoms with E-state index in [0.717, 1.165) is 18.4 Å². The van der Waals surface area contributed by atoms with Crippen LogP contribution in [0.2, 0.25) is 0 Å². The Hall–Kier alpha value is -2.19. The van der Waals surface area contributed by atoms with Crippen LogP contribution in [0.4, 0.5) is 0 Å². The van der Waals surface area contributed by atoms with Gasteiger partial charge in [-0.3, -0.25) is 14.4 Å². The molecule has 2 N–H and O–H groups in total.